The lowest BCUT2D eigenvalue weighted by Crippen LogP contribution is -2.26. The highest BCUT2D eigenvalue weighted by Gasteiger charge is 2.44. The van der Waals surface area contributed by atoms with Gasteiger partial charge in [0.1, 0.15) is 0 Å². The molecule has 0 N–H and O–H groups in total. The topological polar surface area (TPSA) is 3.24 Å². The van der Waals surface area contributed by atoms with Crippen LogP contribution < -0.4 is 4.90 Å². The molecule has 9 rings (SSSR count). The van der Waals surface area contributed by atoms with E-state index < -0.39 is 0 Å². The summed E-state index contributed by atoms with van der Waals surface area (Å²) in [5.74, 6) is 0. The number of benzene rings is 6. The van der Waals surface area contributed by atoms with Crippen molar-refractivity contribution < 1.29 is 0 Å². The maximum absolute atomic E-state index is 2.63. The lowest BCUT2D eigenvalue weighted by molar-refractivity contribution is 0.414. The maximum Gasteiger partial charge on any atom is 0.0465 e. The van der Waals surface area contributed by atoms with Gasteiger partial charge in [-0.15, -0.1) is 0 Å². The van der Waals surface area contributed by atoms with E-state index >= 15 is 0 Å². The highest BCUT2D eigenvalue weighted by Crippen LogP contribution is 2.58. The molecule has 0 saturated heterocycles. The highest BCUT2D eigenvalue weighted by molar-refractivity contribution is 5.90. The Bertz CT molecular complexity index is 2330. The number of fused-ring (bicyclic) bond motifs is 9. The molecule has 0 saturated carbocycles. The maximum atomic E-state index is 2.63. The van der Waals surface area contributed by atoms with Crippen LogP contribution in [0.3, 0.4) is 0 Å². The van der Waals surface area contributed by atoms with Gasteiger partial charge in [-0.25, -0.2) is 0 Å². The molecular formula is C57H63N. The molecule has 0 amide bonds. The average molecular weight is 762 g/mol. The Hall–Kier alpha value is -4.88. The first-order chi connectivity index (χ1) is 28.3. The van der Waals surface area contributed by atoms with Crippen LogP contribution in [0.4, 0.5) is 17.1 Å². The SMILES string of the molecule is CCCCC1(CCCC)c2ccccc2-c2ccc(N(c3ccc4c(c3)C(C)(C)c3ccccc3-4)c3ccc4c(c3)C(CCCC)(CCCC)c3ccccc3-4)cc21. The van der Waals surface area contributed by atoms with Gasteiger partial charge in [0.25, 0.3) is 0 Å². The standard InChI is InChI=1S/C57H63N/c1-7-11-33-56(34-12-8-2)50-25-19-16-22-44(50)47-31-28-41(38-53(47)56)58(40-27-30-46-43-21-15-18-24-49(43)55(5,6)52(46)37-40)42-29-32-48-45-23-17-20-26-51(45)57(35-13-9-3,36-14-10-4)54(48)39-42/h15-32,37-39H,7-14,33-36H2,1-6H3. The van der Waals surface area contributed by atoms with Crippen molar-refractivity contribution in [3.05, 3.63) is 161 Å². The van der Waals surface area contributed by atoms with E-state index in [1.54, 1.807) is 11.1 Å². The molecule has 3 aliphatic rings. The molecule has 0 radical (unpaired) electrons. The lowest BCUT2D eigenvalue weighted by Gasteiger charge is -2.35. The number of anilines is 3. The second kappa shape index (κ2) is 15.4. The summed E-state index contributed by atoms with van der Waals surface area (Å²) in [6, 6.07) is 50.2. The minimum Gasteiger partial charge on any atom is -0.310 e. The van der Waals surface area contributed by atoms with Gasteiger partial charge < -0.3 is 4.90 Å². The van der Waals surface area contributed by atoms with Crippen molar-refractivity contribution in [3.63, 3.8) is 0 Å². The second-order valence-electron chi connectivity index (χ2n) is 18.4. The van der Waals surface area contributed by atoms with Gasteiger partial charge >= 0.3 is 0 Å². The van der Waals surface area contributed by atoms with Gasteiger partial charge in [0.2, 0.25) is 0 Å². The average Bonchev–Trinajstić information content (AvgIpc) is 3.79. The van der Waals surface area contributed by atoms with E-state index in [2.05, 4.69) is 174 Å². The Labute approximate surface area is 349 Å². The predicted octanol–water partition coefficient (Wildman–Crippen LogP) is 16.8. The van der Waals surface area contributed by atoms with Gasteiger partial charge in [-0.1, -0.05) is 184 Å². The third-order valence-electron chi connectivity index (χ3n) is 14.7. The molecule has 6 aromatic rings. The van der Waals surface area contributed by atoms with E-state index in [1.165, 1.54) is 150 Å². The van der Waals surface area contributed by atoms with Gasteiger partial charge in [0.05, 0.1) is 0 Å². The van der Waals surface area contributed by atoms with Crippen LogP contribution in [0.2, 0.25) is 0 Å². The molecule has 1 heteroatoms. The van der Waals surface area contributed by atoms with Gasteiger partial charge in [-0.2, -0.15) is 0 Å². The summed E-state index contributed by atoms with van der Waals surface area (Å²) < 4.78 is 0. The molecule has 58 heavy (non-hydrogen) atoms. The zero-order valence-electron chi connectivity index (χ0n) is 36.1. The van der Waals surface area contributed by atoms with Crippen LogP contribution in [0.5, 0.6) is 0 Å². The summed E-state index contributed by atoms with van der Waals surface area (Å²) in [4.78, 5) is 2.63. The largest absolute Gasteiger partial charge is 0.310 e. The van der Waals surface area contributed by atoms with E-state index in [-0.39, 0.29) is 16.2 Å². The molecule has 0 aliphatic heterocycles. The second-order valence-corrected chi connectivity index (χ2v) is 18.4. The monoisotopic (exact) mass is 761 g/mol. The predicted molar refractivity (Wildman–Crippen MR) is 249 cm³/mol. The Morgan fingerprint density at radius 3 is 1.05 bits per heavy atom. The molecule has 0 aromatic heterocycles. The van der Waals surface area contributed by atoms with Gasteiger partial charge in [-0.05, 0) is 129 Å². The molecule has 0 unspecified atom stereocenters. The van der Waals surface area contributed by atoms with Crippen LogP contribution in [0.15, 0.2) is 127 Å². The van der Waals surface area contributed by atoms with Crippen molar-refractivity contribution in [3.8, 4) is 33.4 Å². The van der Waals surface area contributed by atoms with E-state index in [0.29, 0.717) is 0 Å². The molecule has 0 fully saturated rings. The first-order valence-electron chi connectivity index (χ1n) is 22.9. The zero-order chi connectivity index (χ0) is 40.1. The van der Waals surface area contributed by atoms with Crippen molar-refractivity contribution in [2.45, 2.75) is 135 Å². The highest BCUT2D eigenvalue weighted by atomic mass is 15.1. The van der Waals surface area contributed by atoms with Crippen LogP contribution in [0.25, 0.3) is 33.4 Å². The van der Waals surface area contributed by atoms with Crippen molar-refractivity contribution >= 4 is 17.1 Å². The molecular weight excluding hydrogens is 699 g/mol. The Morgan fingerprint density at radius 1 is 0.345 bits per heavy atom. The summed E-state index contributed by atoms with van der Waals surface area (Å²) in [6.07, 6.45) is 14.5. The normalized spacial score (nSPS) is 15.6. The molecule has 0 bridgehead atoms. The van der Waals surface area contributed by atoms with E-state index in [4.69, 9.17) is 0 Å². The zero-order valence-corrected chi connectivity index (χ0v) is 36.1. The summed E-state index contributed by atoms with van der Waals surface area (Å²) in [5, 5.41) is 0. The van der Waals surface area contributed by atoms with Crippen molar-refractivity contribution in [1.29, 1.82) is 0 Å². The van der Waals surface area contributed by atoms with E-state index in [9.17, 15) is 0 Å². The summed E-state index contributed by atoms with van der Waals surface area (Å²) >= 11 is 0. The van der Waals surface area contributed by atoms with Crippen LogP contribution in [-0.4, -0.2) is 0 Å². The lowest BCUT2D eigenvalue weighted by atomic mass is 9.70. The Balaban J connectivity index is 1.28. The Kier molecular flexibility index (Phi) is 10.2. The van der Waals surface area contributed by atoms with Crippen LogP contribution >= 0.6 is 0 Å². The fourth-order valence-electron chi connectivity index (χ4n) is 11.7. The first-order valence-corrected chi connectivity index (χ1v) is 22.9. The third kappa shape index (κ3) is 5.93. The molecule has 3 aliphatic carbocycles. The summed E-state index contributed by atoms with van der Waals surface area (Å²) in [5.41, 5.74) is 21.2. The molecule has 0 heterocycles. The van der Waals surface area contributed by atoms with Crippen LogP contribution in [-0.2, 0) is 16.2 Å². The number of unbranched alkanes of at least 4 members (excludes halogenated alkanes) is 4. The molecule has 6 aromatic carbocycles. The fourth-order valence-corrected chi connectivity index (χ4v) is 11.7. The number of hydrogen-bond donors (Lipinski definition) is 0. The smallest absolute Gasteiger partial charge is 0.0465 e. The molecule has 0 spiro atoms. The van der Waals surface area contributed by atoms with Gasteiger partial charge in [0, 0.05) is 33.3 Å². The van der Waals surface area contributed by atoms with Crippen molar-refractivity contribution in [2.75, 3.05) is 4.90 Å². The number of hydrogen-bond acceptors (Lipinski definition) is 1. The Morgan fingerprint density at radius 2 is 0.655 bits per heavy atom. The van der Waals surface area contributed by atoms with Crippen molar-refractivity contribution in [2.24, 2.45) is 0 Å². The molecule has 296 valence electrons. The first kappa shape index (κ1) is 38.6. The van der Waals surface area contributed by atoms with Crippen molar-refractivity contribution in [1.82, 2.24) is 0 Å². The quantitative estimate of drug-likeness (QED) is 0.101. The van der Waals surface area contributed by atoms with E-state index in [0.717, 1.165) is 0 Å². The number of rotatable bonds is 15. The van der Waals surface area contributed by atoms with Crippen LogP contribution in [0.1, 0.15) is 152 Å². The van der Waals surface area contributed by atoms with Gasteiger partial charge in [-0.3, -0.25) is 0 Å². The van der Waals surface area contributed by atoms with Gasteiger partial charge in [0.15, 0.2) is 0 Å². The van der Waals surface area contributed by atoms with Crippen LogP contribution in [0, 0.1) is 0 Å². The summed E-state index contributed by atoms with van der Waals surface area (Å²) in [6.45, 7) is 14.2. The van der Waals surface area contributed by atoms with E-state index in [1.807, 2.05) is 0 Å². The minimum atomic E-state index is -0.0856. The number of nitrogens with zero attached hydrogens (tertiary/aromatic N) is 1. The summed E-state index contributed by atoms with van der Waals surface area (Å²) in [7, 11) is 0. The minimum absolute atomic E-state index is 0.0240. The molecule has 0 atom stereocenters. The fraction of sp³-hybridized carbons (Fsp3) is 0.368. The third-order valence-corrected chi connectivity index (χ3v) is 14.7. The molecule has 1 nitrogen and oxygen atoms in total.